The van der Waals surface area contributed by atoms with Crippen molar-refractivity contribution in [3.8, 4) is 0 Å². The van der Waals surface area contributed by atoms with E-state index in [2.05, 4.69) is 10.4 Å². The third-order valence-corrected chi connectivity index (χ3v) is 2.08. The highest BCUT2D eigenvalue weighted by Crippen LogP contribution is 2.09. The highest BCUT2D eigenvalue weighted by atomic mass is 19.1. The molecule has 0 saturated heterocycles. The molecule has 0 unspecified atom stereocenters. The van der Waals surface area contributed by atoms with Gasteiger partial charge >= 0.3 is 0 Å². The van der Waals surface area contributed by atoms with Gasteiger partial charge in [-0.15, -0.1) is 0 Å². The maximum Gasteiger partial charge on any atom is 0.142 e. The fourth-order valence-corrected chi connectivity index (χ4v) is 1.18. The first kappa shape index (κ1) is 11.7. The number of hydrogen-bond acceptors (Lipinski definition) is 2. The maximum atomic E-state index is 13.3. The number of nitrogens with two attached hydrogens (primary N) is 1. The first-order chi connectivity index (χ1) is 7.19. The Kier molecular flexibility index (Phi) is 4.24. The average Bonchev–Trinajstić information content (AvgIpc) is 2.24. The Hall–Kier alpha value is -1.42. The van der Waals surface area contributed by atoms with E-state index in [0.717, 1.165) is 6.42 Å². The quantitative estimate of drug-likeness (QED) is 0.345. The standard InChI is InChI=1S/C11H16FN3/c1-3-6-14-11(15-13)9-5-4-8(2)10(12)7-9/h4-5,7H,3,6,13H2,1-2H3,(H,14,15). The molecule has 0 radical (unpaired) electrons. The van der Waals surface area contributed by atoms with Gasteiger partial charge in [0.25, 0.3) is 0 Å². The summed E-state index contributed by atoms with van der Waals surface area (Å²) in [5.41, 5.74) is 3.77. The van der Waals surface area contributed by atoms with Gasteiger partial charge in [0.1, 0.15) is 11.7 Å². The number of aliphatic imine (C=N–C) groups is 1. The van der Waals surface area contributed by atoms with Crippen LogP contribution in [0, 0.1) is 12.7 Å². The third-order valence-electron chi connectivity index (χ3n) is 2.08. The molecular weight excluding hydrogens is 193 g/mol. The van der Waals surface area contributed by atoms with Crippen LogP contribution in [0.4, 0.5) is 4.39 Å². The van der Waals surface area contributed by atoms with E-state index in [1.165, 1.54) is 6.07 Å². The van der Waals surface area contributed by atoms with Gasteiger partial charge in [-0.3, -0.25) is 4.99 Å². The van der Waals surface area contributed by atoms with Crippen molar-refractivity contribution < 1.29 is 4.39 Å². The number of hydrogen-bond donors (Lipinski definition) is 2. The lowest BCUT2D eigenvalue weighted by Gasteiger charge is -2.06. The van der Waals surface area contributed by atoms with Crippen LogP contribution in [0.1, 0.15) is 24.5 Å². The van der Waals surface area contributed by atoms with E-state index in [4.69, 9.17) is 5.84 Å². The van der Waals surface area contributed by atoms with Crippen LogP contribution in [0.2, 0.25) is 0 Å². The molecule has 1 aromatic rings. The van der Waals surface area contributed by atoms with Crippen LogP contribution < -0.4 is 11.3 Å². The van der Waals surface area contributed by atoms with Crippen molar-refractivity contribution in [1.82, 2.24) is 5.43 Å². The number of benzene rings is 1. The second kappa shape index (κ2) is 5.46. The molecule has 0 aromatic heterocycles. The Balaban J connectivity index is 2.97. The van der Waals surface area contributed by atoms with E-state index in [9.17, 15) is 4.39 Å². The van der Waals surface area contributed by atoms with Crippen LogP contribution in [0.15, 0.2) is 23.2 Å². The van der Waals surface area contributed by atoms with Crippen LogP contribution >= 0.6 is 0 Å². The summed E-state index contributed by atoms with van der Waals surface area (Å²) in [7, 11) is 0. The van der Waals surface area contributed by atoms with Crippen molar-refractivity contribution in [2.45, 2.75) is 20.3 Å². The number of nitrogens with zero attached hydrogens (tertiary/aromatic N) is 1. The van der Waals surface area contributed by atoms with Crippen molar-refractivity contribution >= 4 is 5.84 Å². The van der Waals surface area contributed by atoms with Crippen molar-refractivity contribution in [3.63, 3.8) is 0 Å². The van der Waals surface area contributed by atoms with E-state index in [1.807, 2.05) is 6.92 Å². The molecule has 0 amide bonds. The Labute approximate surface area is 89.2 Å². The second-order valence-electron chi connectivity index (χ2n) is 3.34. The highest BCUT2D eigenvalue weighted by Gasteiger charge is 2.04. The summed E-state index contributed by atoms with van der Waals surface area (Å²) in [6.07, 6.45) is 0.930. The Bertz CT molecular complexity index is 361. The Morgan fingerprint density at radius 1 is 1.53 bits per heavy atom. The van der Waals surface area contributed by atoms with Gasteiger partial charge in [-0.2, -0.15) is 0 Å². The van der Waals surface area contributed by atoms with E-state index < -0.39 is 0 Å². The summed E-state index contributed by atoms with van der Waals surface area (Å²) in [6, 6.07) is 4.94. The minimum Gasteiger partial charge on any atom is -0.308 e. The summed E-state index contributed by atoms with van der Waals surface area (Å²) in [6.45, 7) is 4.42. The molecule has 0 aliphatic rings. The summed E-state index contributed by atoms with van der Waals surface area (Å²) >= 11 is 0. The minimum absolute atomic E-state index is 0.244. The Morgan fingerprint density at radius 2 is 2.27 bits per heavy atom. The zero-order valence-electron chi connectivity index (χ0n) is 9.05. The number of nitrogens with one attached hydrogen (secondary N) is 1. The van der Waals surface area contributed by atoms with E-state index >= 15 is 0 Å². The number of amidine groups is 1. The number of hydrazine groups is 1. The molecule has 15 heavy (non-hydrogen) atoms. The lowest BCUT2D eigenvalue weighted by molar-refractivity contribution is 0.618. The van der Waals surface area contributed by atoms with Crippen LogP contribution in [0.3, 0.4) is 0 Å². The van der Waals surface area contributed by atoms with Gasteiger partial charge in [0, 0.05) is 12.1 Å². The fourth-order valence-electron chi connectivity index (χ4n) is 1.18. The van der Waals surface area contributed by atoms with Crippen molar-refractivity contribution in [3.05, 3.63) is 35.1 Å². The summed E-state index contributed by atoms with van der Waals surface area (Å²) < 4.78 is 13.3. The topological polar surface area (TPSA) is 50.4 Å². The zero-order valence-corrected chi connectivity index (χ0v) is 9.05. The summed E-state index contributed by atoms with van der Waals surface area (Å²) in [5.74, 6) is 5.61. The first-order valence-corrected chi connectivity index (χ1v) is 4.96. The van der Waals surface area contributed by atoms with Crippen molar-refractivity contribution in [2.24, 2.45) is 10.8 Å². The molecule has 0 spiro atoms. The second-order valence-corrected chi connectivity index (χ2v) is 3.34. The van der Waals surface area contributed by atoms with E-state index in [0.29, 0.717) is 23.5 Å². The summed E-state index contributed by atoms with van der Waals surface area (Å²) in [5, 5.41) is 0. The molecule has 1 rings (SSSR count). The number of rotatable bonds is 3. The molecule has 0 heterocycles. The maximum absolute atomic E-state index is 13.3. The van der Waals surface area contributed by atoms with Gasteiger partial charge in [0.2, 0.25) is 0 Å². The van der Waals surface area contributed by atoms with Crippen LogP contribution in [-0.4, -0.2) is 12.4 Å². The Morgan fingerprint density at radius 3 is 2.80 bits per heavy atom. The zero-order chi connectivity index (χ0) is 11.3. The molecular formula is C11H16FN3. The van der Waals surface area contributed by atoms with Crippen molar-refractivity contribution in [2.75, 3.05) is 6.54 Å². The fraction of sp³-hybridized carbons (Fsp3) is 0.364. The van der Waals surface area contributed by atoms with Gasteiger partial charge in [-0.05, 0) is 25.0 Å². The van der Waals surface area contributed by atoms with Gasteiger partial charge < -0.3 is 5.43 Å². The number of aryl methyl sites for hydroxylation is 1. The van der Waals surface area contributed by atoms with Gasteiger partial charge in [-0.1, -0.05) is 19.1 Å². The molecule has 0 aliphatic carbocycles. The average molecular weight is 209 g/mol. The largest absolute Gasteiger partial charge is 0.308 e. The molecule has 0 atom stereocenters. The molecule has 3 nitrogen and oxygen atoms in total. The minimum atomic E-state index is -0.244. The van der Waals surface area contributed by atoms with Crippen molar-refractivity contribution in [1.29, 1.82) is 0 Å². The molecule has 0 fully saturated rings. The molecule has 0 bridgehead atoms. The lowest BCUT2D eigenvalue weighted by atomic mass is 10.1. The van der Waals surface area contributed by atoms with Gasteiger partial charge in [0.05, 0.1) is 0 Å². The monoisotopic (exact) mass is 209 g/mol. The third kappa shape index (κ3) is 3.02. The molecule has 1 aromatic carbocycles. The SMILES string of the molecule is CCCN=C(NN)c1ccc(C)c(F)c1. The van der Waals surface area contributed by atoms with Gasteiger partial charge in [-0.25, -0.2) is 10.2 Å². The molecule has 3 N–H and O–H groups in total. The predicted molar refractivity (Wildman–Crippen MR) is 60.2 cm³/mol. The number of halogens is 1. The lowest BCUT2D eigenvalue weighted by Crippen LogP contribution is -2.31. The van der Waals surface area contributed by atoms with Gasteiger partial charge in [0.15, 0.2) is 0 Å². The predicted octanol–water partition coefficient (Wildman–Crippen LogP) is 1.75. The molecule has 0 saturated carbocycles. The van der Waals surface area contributed by atoms with Crippen LogP contribution in [0.25, 0.3) is 0 Å². The molecule has 4 heteroatoms. The van der Waals surface area contributed by atoms with Crippen LogP contribution in [0.5, 0.6) is 0 Å². The van der Waals surface area contributed by atoms with E-state index in [1.54, 1.807) is 19.1 Å². The van der Waals surface area contributed by atoms with Crippen LogP contribution in [-0.2, 0) is 0 Å². The normalized spacial score (nSPS) is 11.6. The van der Waals surface area contributed by atoms with E-state index in [-0.39, 0.29) is 5.82 Å². The first-order valence-electron chi connectivity index (χ1n) is 4.96. The molecule has 0 aliphatic heterocycles. The molecule has 82 valence electrons. The smallest absolute Gasteiger partial charge is 0.142 e. The highest BCUT2D eigenvalue weighted by molar-refractivity contribution is 5.98. The summed E-state index contributed by atoms with van der Waals surface area (Å²) in [4.78, 5) is 4.22.